The number of unbranched alkanes of at least 4 members (excludes halogenated alkanes) is 1. The molecule has 9 rings (SSSR count). The van der Waals surface area contributed by atoms with Crippen LogP contribution in [0.3, 0.4) is 0 Å². The van der Waals surface area contributed by atoms with E-state index in [1.807, 2.05) is 22.6 Å². The Kier molecular flexibility index (Phi) is 40.9. The number of nitrogens with zero attached hydrogens (tertiary/aromatic N) is 1. The molecule has 3 aliphatic carbocycles. The van der Waals surface area contributed by atoms with Crippen LogP contribution < -0.4 is 47.1 Å². The summed E-state index contributed by atoms with van der Waals surface area (Å²) >= 11 is 2.74. The normalized spacial score (nSPS) is 30.8. The Labute approximate surface area is 794 Å². The van der Waals surface area contributed by atoms with E-state index >= 15 is 0 Å². The van der Waals surface area contributed by atoms with E-state index in [1.165, 1.54) is 46.3 Å². The van der Waals surface area contributed by atoms with Gasteiger partial charge in [-0.15, -0.1) is 0 Å². The lowest BCUT2D eigenvalue weighted by molar-refractivity contribution is -0.343. The van der Waals surface area contributed by atoms with Crippen LogP contribution in [0.2, 0.25) is 0 Å². The Morgan fingerprint density at radius 3 is 2.14 bits per heavy atom. The number of thioether (sulfide) groups is 1. The number of allylic oxidation sites excluding steroid dienone is 2. The zero-order chi connectivity index (χ0) is 97.1. The maximum absolute atomic E-state index is 14.7. The number of Topliss-reactive ketones (excluding diaryl/α,β-unsaturated/α-hetero) is 3. The molecule has 734 valence electrons. The summed E-state index contributed by atoms with van der Waals surface area (Å²) in [6.45, 7) is 16.5. The third-order valence-electron chi connectivity index (χ3n) is 24.8. The van der Waals surface area contributed by atoms with E-state index in [4.69, 9.17) is 77.9 Å². The monoisotopic (exact) mass is 2040 g/mol. The van der Waals surface area contributed by atoms with Crippen LogP contribution in [0.1, 0.15) is 161 Å². The molecule has 6 fully saturated rings. The molecular weight excluding hydrogens is 1920 g/mol. The number of primary amides is 1. The number of ether oxygens (including phenoxy) is 13. The summed E-state index contributed by atoms with van der Waals surface area (Å²) in [4.78, 5) is 150. The van der Waals surface area contributed by atoms with Crippen molar-refractivity contribution in [2.75, 3.05) is 72.9 Å². The van der Waals surface area contributed by atoms with Crippen LogP contribution in [0.4, 0.5) is 15.3 Å². The Morgan fingerprint density at radius 1 is 0.826 bits per heavy atom. The van der Waals surface area contributed by atoms with Crippen LogP contribution in [-0.4, -0.2) is 286 Å². The number of aliphatic hydroxyl groups is 5. The first-order valence-electron chi connectivity index (χ1n) is 44.0. The Morgan fingerprint density at radius 2 is 1.52 bits per heavy atom. The molecule has 43 heteroatoms. The van der Waals surface area contributed by atoms with Gasteiger partial charge in [-0.1, -0.05) is 102 Å². The highest BCUT2D eigenvalue weighted by atomic mass is 127. The van der Waals surface area contributed by atoms with E-state index in [9.17, 15) is 83.0 Å². The first-order chi connectivity index (χ1) is 62.6. The average molecular weight is 2050 g/mol. The minimum Gasteiger partial charge on any atom is -0.492 e. The molecule has 2 saturated carbocycles. The van der Waals surface area contributed by atoms with Crippen molar-refractivity contribution in [2.45, 2.75) is 279 Å². The number of benzene rings is 2. The van der Waals surface area contributed by atoms with Gasteiger partial charge in [0.2, 0.25) is 29.0 Å². The molecule has 15 N–H and O–H groups in total. The maximum atomic E-state index is 14.7. The molecule has 7 aliphatic rings. The molecular formula is C89H127IN7O31PS3. The van der Waals surface area contributed by atoms with Crippen LogP contribution >= 0.6 is 63.5 Å². The number of halogens is 1. The molecule has 1 spiro atoms. The number of methoxy groups -OCH3 is 5. The van der Waals surface area contributed by atoms with Crippen LogP contribution in [-0.2, 0) is 92.1 Å². The number of nitrogens with one attached hydrogen (secondary N) is 4. The second kappa shape index (κ2) is 49.6. The van der Waals surface area contributed by atoms with E-state index in [1.54, 1.807) is 92.7 Å². The van der Waals surface area contributed by atoms with E-state index < -0.39 is 222 Å². The van der Waals surface area contributed by atoms with E-state index in [-0.39, 0.29) is 117 Å². The number of likely N-dealkylation sites (N-methyl/N-ethyl adjacent to an activating group) is 1. The van der Waals surface area contributed by atoms with Gasteiger partial charge in [-0.05, 0) is 151 Å². The van der Waals surface area contributed by atoms with Crippen molar-refractivity contribution in [1.29, 1.82) is 0 Å². The highest BCUT2D eigenvalue weighted by Crippen LogP contribution is 2.70. The SMILES string of the molecule is CCC(SSC/C=C1\C2[C@@H](O[C@@H]3O[C@H](C)[C@@H](NO[C@H]4C[C@H](O)[C@H](SC(=O)c5c(C)c(I)c(O[C@@H]6O[C@@H](C)[C@H](O)[C@@H](OC)[C@H]6O)c(OC)c5OC)[C@@H](C)O4)[C@H](O)[C@H]3O[C@H]3C[C@H](OC)[C@@H](N(CC)C(=O)OCc4ccc(NC(=O)[C@H](CCCNC(N)=O)CC(=O)[C@@H](NC(=O)[C@H](CCCCN)CC(C)=O)C(C)C)cc4)CO3)C#C/C=C(/C)C#CC23C(CC(=O)OC)C(=O)C[C@]13O)P(=O)(O)O. The van der Waals surface area contributed by atoms with Gasteiger partial charge in [-0.2, -0.15) is 5.48 Å². The van der Waals surface area contributed by atoms with Gasteiger partial charge in [0.05, 0.1) is 103 Å². The maximum Gasteiger partial charge on any atom is 0.410 e. The van der Waals surface area contributed by atoms with Gasteiger partial charge in [-0.25, -0.2) is 9.59 Å². The van der Waals surface area contributed by atoms with Crippen molar-refractivity contribution in [2.24, 2.45) is 46.5 Å². The molecule has 0 aromatic heterocycles. The number of hydrogen-bond donors (Lipinski definition) is 13. The van der Waals surface area contributed by atoms with E-state index in [2.05, 4.69) is 45.1 Å². The molecule has 132 heavy (non-hydrogen) atoms. The second-order valence-corrected chi connectivity index (χ2v) is 41.1. The third kappa shape index (κ3) is 26.2. The van der Waals surface area contributed by atoms with Crippen LogP contribution in [0, 0.1) is 69.2 Å². The molecule has 2 aromatic carbocycles. The molecule has 4 aliphatic heterocycles. The fourth-order valence-electron chi connectivity index (χ4n) is 17.8. The minimum atomic E-state index is -4.57. The van der Waals surface area contributed by atoms with Crippen molar-refractivity contribution in [1.82, 2.24) is 21.0 Å². The number of ketones is 3. The third-order valence-corrected chi connectivity index (χ3v) is 32.7. The Bertz CT molecular complexity index is 4620. The fourth-order valence-corrected chi connectivity index (χ4v) is 24.0. The number of anilines is 1. The zero-order valence-electron chi connectivity index (χ0n) is 76.7. The topological polar surface area (TPSA) is 545 Å². The van der Waals surface area contributed by atoms with Crippen LogP contribution in [0.25, 0.3) is 0 Å². The summed E-state index contributed by atoms with van der Waals surface area (Å²) in [5, 5.41) is 66.9. The number of amides is 5. The van der Waals surface area contributed by atoms with E-state index in [0.717, 1.165) is 40.5 Å². The lowest BCUT2D eigenvalue weighted by atomic mass is 9.44. The molecule has 4 saturated heterocycles. The molecule has 4 heterocycles. The summed E-state index contributed by atoms with van der Waals surface area (Å²) < 4.78 is 92.7. The first kappa shape index (κ1) is 109. The summed E-state index contributed by atoms with van der Waals surface area (Å²) in [6, 6.07) is 2.57. The standard InChI is InChI=1S/C89H127IN7O31PS3/c1-16-66(129(112,113)114)132-130-35-31-55-68-61(25-20-22-45(5)30-32-88(68)56(38-63(102)116-12)60(101)41-89(55,88)111)125-85-78(73(104)71(48(8)123-85)96-128-65-39-59(100)80(50(10)122-65)131-83(108)67-47(7)69(90)76(79(119-15)75(67)117-13)127-84-74(105)77(118-14)72(103)49(9)124-84)126-64-40-62(115-11)57(43-120-64)97(17-2)87(110)121-42-51-26-28-54(29-27-51)94-81(106)53(24-21-34-93-86(92)109)37-58(99)70(44(3)4)95-82(107)52(36-46(6)98)23-18-19-33-91/h22,26-29,31,44,48-50,52-53,56-57,59,61-62,64-66,68,70-74,77-78,80,84-85,96,100,103-105,111H,16-19,21,23-24,33-43,91H2,1-15H3,(H,94,106)(H,95,107)(H3,92,93,109)(H2,112,113,114)/b45-22-,55-31+/t48-,49+,50-,52-,53-,56?,57+,59+,61+,62+,64+,65+,66?,68?,70+,71-,72+,73+,74-,77-,78-,80-,84+,85+,88?,89+/m1/s1. The van der Waals surface area contributed by atoms with Crippen LogP contribution in [0.15, 0.2) is 47.6 Å². The lowest BCUT2D eigenvalue weighted by Crippen LogP contribution is -2.69. The number of esters is 1. The van der Waals surface area contributed by atoms with Crippen molar-refractivity contribution >= 4 is 122 Å². The summed E-state index contributed by atoms with van der Waals surface area (Å²) in [7, 11) is 4.04. The molecule has 0 bridgehead atoms. The predicted molar refractivity (Wildman–Crippen MR) is 493 cm³/mol. The van der Waals surface area contributed by atoms with Crippen molar-refractivity contribution < 1.29 is 149 Å². The zero-order valence-corrected chi connectivity index (χ0v) is 82.2. The highest BCUT2D eigenvalue weighted by Gasteiger charge is 2.79. The molecule has 0 radical (unpaired) electrons. The van der Waals surface area contributed by atoms with Gasteiger partial charge in [0.1, 0.15) is 65.4 Å². The van der Waals surface area contributed by atoms with E-state index in [0.29, 0.717) is 51.8 Å². The molecule has 4 unspecified atom stereocenters. The quantitative estimate of drug-likeness (QED) is 0.00506. The first-order valence-corrected chi connectivity index (χ1v) is 50.0. The van der Waals surface area contributed by atoms with Crippen molar-refractivity contribution in [3.05, 3.63) is 67.8 Å². The number of nitrogens with two attached hydrogens (primary N) is 2. The number of aliphatic hydroxyl groups excluding tert-OH is 4. The number of urea groups is 1. The largest absolute Gasteiger partial charge is 0.492 e. The summed E-state index contributed by atoms with van der Waals surface area (Å²) in [5.41, 5.74) is 12.0. The minimum absolute atomic E-state index is 0.0129. The van der Waals surface area contributed by atoms with Crippen molar-refractivity contribution in [3.63, 3.8) is 0 Å². The van der Waals surface area contributed by atoms with Gasteiger partial charge in [-0.3, -0.25) is 38.2 Å². The predicted octanol–water partition coefficient (Wildman–Crippen LogP) is 6.28. The average Bonchev–Trinajstić information content (AvgIpc) is 1.48. The number of rotatable bonds is 45. The molecule has 2 aromatic rings. The van der Waals surface area contributed by atoms with Crippen LogP contribution in [0.5, 0.6) is 17.2 Å². The van der Waals surface area contributed by atoms with Gasteiger partial charge < -0.3 is 134 Å². The van der Waals surface area contributed by atoms with Gasteiger partial charge >= 0.3 is 25.7 Å². The number of hydrogen-bond acceptors (Lipinski definition) is 34. The second-order valence-electron chi connectivity index (χ2n) is 34.1. The Hall–Kier alpha value is -6.64. The van der Waals surface area contributed by atoms with Gasteiger partial charge in [0.25, 0.3) is 0 Å². The summed E-state index contributed by atoms with van der Waals surface area (Å²) in [6.07, 6.45) is -16.2. The number of carbonyl (C=O) groups is 9. The lowest BCUT2D eigenvalue weighted by Gasteiger charge is -2.60. The molecule has 38 nitrogen and oxygen atoms in total. The smallest absolute Gasteiger partial charge is 0.410 e. The van der Waals surface area contributed by atoms with Gasteiger partial charge in [0.15, 0.2) is 36.2 Å². The highest BCUT2D eigenvalue weighted by molar-refractivity contribution is 14.1. The fraction of sp³-hybridized carbons (Fsp3) is 0.674. The van der Waals surface area contributed by atoms with Crippen molar-refractivity contribution in [3.8, 4) is 40.9 Å². The van der Waals surface area contributed by atoms with Gasteiger partial charge in [0, 0.05) is 100 Å². The molecule has 26 atom stereocenters. The number of hydroxylamine groups is 1. The summed E-state index contributed by atoms with van der Waals surface area (Å²) in [5.74, 6) is 5.15. The number of carbonyl (C=O) groups excluding carboxylic acids is 9. The Balaban J connectivity index is 0.938. The molecule has 5 amide bonds.